The summed E-state index contributed by atoms with van der Waals surface area (Å²) in [4.78, 5) is 15.1. The van der Waals surface area contributed by atoms with Crippen LogP contribution in [0.15, 0.2) is 46.9 Å². The SMILES string of the molecule is Cc1c(C(=O)Nc2ccc(N3CCC(C)C3)cc2)oc2c(C)cccc12. The molecule has 4 nitrogen and oxygen atoms in total. The maximum atomic E-state index is 12.7. The molecule has 3 aromatic rings. The van der Waals surface area contributed by atoms with Crippen LogP contribution < -0.4 is 10.2 Å². The normalized spacial score (nSPS) is 17.0. The lowest BCUT2D eigenvalue weighted by atomic mass is 10.1. The average molecular weight is 348 g/mol. The summed E-state index contributed by atoms with van der Waals surface area (Å²) in [6.45, 7) is 8.41. The van der Waals surface area contributed by atoms with Crippen molar-refractivity contribution < 1.29 is 9.21 Å². The van der Waals surface area contributed by atoms with E-state index < -0.39 is 0 Å². The Hall–Kier alpha value is -2.75. The largest absolute Gasteiger partial charge is 0.450 e. The Morgan fingerprint density at radius 2 is 1.92 bits per heavy atom. The van der Waals surface area contributed by atoms with Crippen molar-refractivity contribution in [3.05, 3.63) is 59.4 Å². The zero-order valence-corrected chi connectivity index (χ0v) is 15.5. The van der Waals surface area contributed by atoms with Gasteiger partial charge < -0.3 is 14.6 Å². The van der Waals surface area contributed by atoms with Gasteiger partial charge in [-0.15, -0.1) is 0 Å². The van der Waals surface area contributed by atoms with Crippen LogP contribution in [0.2, 0.25) is 0 Å². The summed E-state index contributed by atoms with van der Waals surface area (Å²) < 4.78 is 5.86. The van der Waals surface area contributed by atoms with Crippen molar-refractivity contribution in [3.63, 3.8) is 0 Å². The molecule has 1 unspecified atom stereocenters. The van der Waals surface area contributed by atoms with Gasteiger partial charge in [-0.2, -0.15) is 0 Å². The molecule has 0 saturated carbocycles. The predicted molar refractivity (Wildman–Crippen MR) is 106 cm³/mol. The molecule has 0 radical (unpaired) electrons. The highest BCUT2D eigenvalue weighted by atomic mass is 16.3. The van der Waals surface area contributed by atoms with Crippen LogP contribution in [0.5, 0.6) is 0 Å². The highest BCUT2D eigenvalue weighted by Gasteiger charge is 2.20. The Morgan fingerprint density at radius 1 is 1.15 bits per heavy atom. The lowest BCUT2D eigenvalue weighted by Crippen LogP contribution is -2.19. The topological polar surface area (TPSA) is 45.5 Å². The number of nitrogens with one attached hydrogen (secondary N) is 1. The van der Waals surface area contributed by atoms with Gasteiger partial charge in [-0.3, -0.25) is 4.79 Å². The molecule has 1 fully saturated rings. The Balaban J connectivity index is 1.53. The number of furan rings is 1. The molecule has 1 aliphatic rings. The fourth-order valence-electron chi connectivity index (χ4n) is 3.71. The van der Waals surface area contributed by atoms with Gasteiger partial charge >= 0.3 is 0 Å². The number of anilines is 2. The molecule has 26 heavy (non-hydrogen) atoms. The zero-order valence-electron chi connectivity index (χ0n) is 15.5. The minimum absolute atomic E-state index is 0.208. The highest BCUT2D eigenvalue weighted by Crippen LogP contribution is 2.29. The van der Waals surface area contributed by atoms with Crippen LogP contribution in [0.25, 0.3) is 11.0 Å². The van der Waals surface area contributed by atoms with Crippen molar-refractivity contribution in [2.24, 2.45) is 5.92 Å². The molecule has 0 bridgehead atoms. The van der Waals surface area contributed by atoms with E-state index in [9.17, 15) is 4.79 Å². The van der Waals surface area contributed by atoms with E-state index in [1.54, 1.807) is 0 Å². The molecular formula is C22H24N2O2. The van der Waals surface area contributed by atoms with E-state index >= 15 is 0 Å². The summed E-state index contributed by atoms with van der Waals surface area (Å²) in [6, 6.07) is 14.0. The third-order valence-corrected chi connectivity index (χ3v) is 5.28. The molecular weight excluding hydrogens is 324 g/mol. The van der Waals surface area contributed by atoms with Crippen LogP contribution in [0.4, 0.5) is 11.4 Å². The summed E-state index contributed by atoms with van der Waals surface area (Å²) in [7, 11) is 0. The van der Waals surface area contributed by atoms with Crippen molar-refractivity contribution in [1.29, 1.82) is 0 Å². The monoisotopic (exact) mass is 348 g/mol. The number of fused-ring (bicyclic) bond motifs is 1. The van der Waals surface area contributed by atoms with E-state index in [-0.39, 0.29) is 5.91 Å². The number of amides is 1. The first-order valence-corrected chi connectivity index (χ1v) is 9.18. The van der Waals surface area contributed by atoms with E-state index in [1.807, 2.05) is 44.2 Å². The summed E-state index contributed by atoms with van der Waals surface area (Å²) in [5, 5.41) is 3.95. The number of rotatable bonds is 3. The van der Waals surface area contributed by atoms with E-state index in [2.05, 4.69) is 29.3 Å². The standard InChI is InChI=1S/C22H24N2O2/c1-14-11-12-24(13-14)18-9-7-17(8-10-18)23-22(25)21-16(3)19-6-4-5-15(2)20(19)26-21/h4-10,14H,11-13H2,1-3H3,(H,23,25). The second-order valence-electron chi connectivity index (χ2n) is 7.35. The fraction of sp³-hybridized carbons (Fsp3) is 0.318. The molecule has 4 rings (SSSR count). The van der Waals surface area contributed by atoms with E-state index in [4.69, 9.17) is 4.42 Å². The summed E-state index contributed by atoms with van der Waals surface area (Å²) in [5.74, 6) is 0.918. The van der Waals surface area contributed by atoms with Gasteiger partial charge in [-0.1, -0.05) is 25.1 Å². The molecule has 1 aromatic heterocycles. The summed E-state index contributed by atoms with van der Waals surface area (Å²) >= 11 is 0. The van der Waals surface area contributed by atoms with Crippen LogP contribution in [-0.2, 0) is 0 Å². The molecule has 2 aromatic carbocycles. The third kappa shape index (κ3) is 2.96. The summed E-state index contributed by atoms with van der Waals surface area (Å²) in [5.41, 5.74) is 4.69. The number of benzene rings is 2. The molecule has 134 valence electrons. The Labute approximate surface area is 153 Å². The van der Waals surface area contributed by atoms with Crippen molar-refractivity contribution in [3.8, 4) is 0 Å². The third-order valence-electron chi connectivity index (χ3n) is 5.28. The zero-order chi connectivity index (χ0) is 18.3. The Bertz CT molecular complexity index is 956. The molecule has 1 amide bonds. The van der Waals surface area contributed by atoms with Crippen LogP contribution >= 0.6 is 0 Å². The number of para-hydroxylation sites is 1. The first kappa shape index (κ1) is 16.7. The number of hydrogen-bond donors (Lipinski definition) is 1. The van der Waals surface area contributed by atoms with Gasteiger partial charge in [0.2, 0.25) is 0 Å². The van der Waals surface area contributed by atoms with Crippen molar-refractivity contribution >= 4 is 28.3 Å². The van der Waals surface area contributed by atoms with Gasteiger partial charge in [0.25, 0.3) is 5.91 Å². The van der Waals surface area contributed by atoms with Crippen LogP contribution in [0.1, 0.15) is 35.0 Å². The molecule has 0 spiro atoms. The average Bonchev–Trinajstić information content (AvgIpc) is 3.21. The highest BCUT2D eigenvalue weighted by molar-refractivity contribution is 6.06. The summed E-state index contributed by atoms with van der Waals surface area (Å²) in [6.07, 6.45) is 1.24. The van der Waals surface area contributed by atoms with E-state index in [1.165, 1.54) is 12.1 Å². The van der Waals surface area contributed by atoms with Gasteiger partial charge in [0.15, 0.2) is 5.76 Å². The second kappa shape index (κ2) is 6.52. The van der Waals surface area contributed by atoms with Gasteiger partial charge in [0, 0.05) is 35.4 Å². The number of nitrogens with zero attached hydrogens (tertiary/aromatic N) is 1. The number of hydrogen-bond acceptors (Lipinski definition) is 3. The molecule has 1 N–H and O–H groups in total. The van der Waals surface area contributed by atoms with Crippen LogP contribution in [0, 0.1) is 19.8 Å². The predicted octanol–water partition coefficient (Wildman–Crippen LogP) is 5.15. The van der Waals surface area contributed by atoms with E-state index in [0.29, 0.717) is 5.76 Å². The van der Waals surface area contributed by atoms with Crippen LogP contribution in [-0.4, -0.2) is 19.0 Å². The minimum atomic E-state index is -0.208. The van der Waals surface area contributed by atoms with Gasteiger partial charge in [0.1, 0.15) is 5.58 Å². The lowest BCUT2D eigenvalue weighted by molar-refractivity contribution is 0.0998. The smallest absolute Gasteiger partial charge is 0.291 e. The second-order valence-corrected chi connectivity index (χ2v) is 7.35. The maximum absolute atomic E-state index is 12.7. The van der Waals surface area contributed by atoms with Crippen molar-refractivity contribution in [1.82, 2.24) is 0 Å². The van der Waals surface area contributed by atoms with Gasteiger partial charge in [-0.25, -0.2) is 0 Å². The molecule has 4 heteroatoms. The maximum Gasteiger partial charge on any atom is 0.291 e. The molecule has 2 heterocycles. The van der Waals surface area contributed by atoms with Gasteiger partial charge in [0.05, 0.1) is 0 Å². The Morgan fingerprint density at radius 3 is 2.58 bits per heavy atom. The molecule has 0 aliphatic carbocycles. The minimum Gasteiger partial charge on any atom is -0.450 e. The first-order chi connectivity index (χ1) is 12.5. The molecule has 1 atom stereocenters. The quantitative estimate of drug-likeness (QED) is 0.712. The molecule has 1 aliphatic heterocycles. The number of carbonyl (C=O) groups is 1. The molecule has 1 saturated heterocycles. The van der Waals surface area contributed by atoms with Crippen molar-refractivity contribution in [2.75, 3.05) is 23.3 Å². The van der Waals surface area contributed by atoms with E-state index in [0.717, 1.165) is 46.8 Å². The number of aryl methyl sites for hydroxylation is 2. The number of carbonyl (C=O) groups excluding carboxylic acids is 1. The Kier molecular flexibility index (Phi) is 4.19. The van der Waals surface area contributed by atoms with Crippen LogP contribution in [0.3, 0.4) is 0 Å². The fourth-order valence-corrected chi connectivity index (χ4v) is 3.71. The van der Waals surface area contributed by atoms with Gasteiger partial charge in [-0.05, 0) is 56.0 Å². The first-order valence-electron chi connectivity index (χ1n) is 9.18. The van der Waals surface area contributed by atoms with Crippen molar-refractivity contribution in [2.45, 2.75) is 27.2 Å². The lowest BCUT2D eigenvalue weighted by Gasteiger charge is -2.18.